The molecule has 0 aliphatic carbocycles. The van der Waals surface area contributed by atoms with Gasteiger partial charge in [-0.05, 0) is 44.9 Å². The Bertz CT molecular complexity index is 772. The van der Waals surface area contributed by atoms with Crippen LogP contribution in [0.25, 0.3) is 0 Å². The van der Waals surface area contributed by atoms with Crippen LogP contribution in [0.2, 0.25) is 0 Å². The highest BCUT2D eigenvalue weighted by Gasteiger charge is 2.66. The molecule has 4 aliphatic heterocycles. The summed E-state index contributed by atoms with van der Waals surface area (Å²) in [6, 6.07) is 9.89. The Morgan fingerprint density at radius 1 is 1.32 bits per heavy atom. The van der Waals surface area contributed by atoms with Gasteiger partial charge in [0, 0.05) is 36.7 Å². The number of para-hydroxylation sites is 1. The van der Waals surface area contributed by atoms with Gasteiger partial charge in [0.25, 0.3) is 0 Å². The second-order valence-corrected chi connectivity index (χ2v) is 8.39. The molecule has 0 radical (unpaired) electrons. The van der Waals surface area contributed by atoms with Crippen molar-refractivity contribution < 1.29 is 14.3 Å². The van der Waals surface area contributed by atoms with E-state index in [9.17, 15) is 9.59 Å². The lowest BCUT2D eigenvalue weighted by atomic mass is 9.84. The first-order valence-electron chi connectivity index (χ1n) is 10.5. The minimum atomic E-state index is -0.387. The minimum absolute atomic E-state index is 0.123. The molecule has 7 nitrogen and oxygen atoms in total. The van der Waals surface area contributed by atoms with Crippen LogP contribution < -0.4 is 15.8 Å². The number of anilines is 1. The highest BCUT2D eigenvalue weighted by atomic mass is 16.5. The van der Waals surface area contributed by atoms with Gasteiger partial charge in [-0.2, -0.15) is 0 Å². The van der Waals surface area contributed by atoms with Crippen LogP contribution in [-0.2, 0) is 14.3 Å². The number of benzene rings is 1. The van der Waals surface area contributed by atoms with Gasteiger partial charge in [-0.15, -0.1) is 0 Å². The number of hydrazine groups is 1. The van der Waals surface area contributed by atoms with Gasteiger partial charge in [-0.1, -0.05) is 18.2 Å². The van der Waals surface area contributed by atoms with Gasteiger partial charge in [0.1, 0.15) is 11.6 Å². The molecular weight excluding hydrogens is 356 g/mol. The molecule has 1 spiro atoms. The van der Waals surface area contributed by atoms with Crippen LogP contribution in [0.1, 0.15) is 26.2 Å². The SMILES string of the molecule is CCOC(=O)C1NNCC1[C@@H]1C[C@H]2CN(c3ccccc3)C(=O)[C@]23CCCN13. The molecule has 7 heteroatoms. The molecule has 5 atom stereocenters. The molecule has 2 N–H and O–H groups in total. The number of carbonyl (C=O) groups excluding carboxylic acids is 2. The molecule has 4 fully saturated rings. The second-order valence-electron chi connectivity index (χ2n) is 8.39. The lowest BCUT2D eigenvalue weighted by Gasteiger charge is -2.36. The number of carbonyl (C=O) groups is 2. The zero-order valence-electron chi connectivity index (χ0n) is 16.3. The predicted octanol–water partition coefficient (Wildman–Crippen LogP) is 0.912. The first kappa shape index (κ1) is 18.1. The van der Waals surface area contributed by atoms with Gasteiger partial charge in [0.05, 0.1) is 6.61 Å². The molecule has 4 aliphatic rings. The standard InChI is InChI=1S/C21H28N4O3/c1-2-28-19(26)18-16(12-22-23-18)17-11-14-13-24(15-7-4-3-5-8-15)20(27)21(14)9-6-10-25(17)21/h3-5,7-8,14,16-18,22-23H,2,6,9-13H2,1H3/t14-,16?,17-,18?,21-/m0/s1. The number of hydrogen-bond acceptors (Lipinski definition) is 6. The van der Waals surface area contributed by atoms with E-state index in [4.69, 9.17) is 4.74 Å². The smallest absolute Gasteiger partial charge is 0.324 e. The van der Waals surface area contributed by atoms with Crippen LogP contribution in [0, 0.1) is 11.8 Å². The molecule has 0 bridgehead atoms. The number of esters is 1. The number of nitrogens with zero attached hydrogens (tertiary/aromatic N) is 2. The summed E-state index contributed by atoms with van der Waals surface area (Å²) >= 11 is 0. The summed E-state index contributed by atoms with van der Waals surface area (Å²) in [6.07, 6.45) is 2.92. The molecular formula is C21H28N4O3. The van der Waals surface area contributed by atoms with Gasteiger partial charge in [0.15, 0.2) is 0 Å². The summed E-state index contributed by atoms with van der Waals surface area (Å²) in [5.74, 6) is 0.490. The van der Waals surface area contributed by atoms with Crippen molar-refractivity contribution in [2.45, 2.75) is 43.8 Å². The first-order valence-corrected chi connectivity index (χ1v) is 10.5. The van der Waals surface area contributed by atoms with Gasteiger partial charge in [-0.3, -0.25) is 19.9 Å². The Morgan fingerprint density at radius 2 is 2.14 bits per heavy atom. The van der Waals surface area contributed by atoms with Crippen LogP contribution in [0.5, 0.6) is 0 Å². The van der Waals surface area contributed by atoms with Crippen molar-refractivity contribution in [2.24, 2.45) is 11.8 Å². The van der Waals surface area contributed by atoms with Crippen molar-refractivity contribution in [3.05, 3.63) is 30.3 Å². The van der Waals surface area contributed by atoms with E-state index in [0.29, 0.717) is 12.5 Å². The van der Waals surface area contributed by atoms with Crippen LogP contribution in [-0.4, -0.2) is 60.6 Å². The molecule has 1 aromatic rings. The fourth-order valence-electron chi connectivity index (χ4n) is 6.12. The van der Waals surface area contributed by atoms with E-state index in [-0.39, 0.29) is 35.4 Å². The summed E-state index contributed by atoms with van der Waals surface area (Å²) in [6.45, 7) is 4.65. The minimum Gasteiger partial charge on any atom is -0.465 e. The van der Waals surface area contributed by atoms with Crippen molar-refractivity contribution in [2.75, 3.05) is 31.1 Å². The van der Waals surface area contributed by atoms with Gasteiger partial charge < -0.3 is 9.64 Å². The van der Waals surface area contributed by atoms with Gasteiger partial charge in [0.2, 0.25) is 5.91 Å². The zero-order valence-corrected chi connectivity index (χ0v) is 16.3. The quantitative estimate of drug-likeness (QED) is 0.752. The zero-order chi connectivity index (χ0) is 19.3. The van der Waals surface area contributed by atoms with Crippen molar-refractivity contribution in [1.29, 1.82) is 0 Å². The lowest BCUT2D eigenvalue weighted by molar-refractivity contribution is -0.147. The number of hydrogen-bond donors (Lipinski definition) is 2. The molecule has 4 saturated heterocycles. The summed E-state index contributed by atoms with van der Waals surface area (Å²) in [4.78, 5) is 30.5. The molecule has 4 heterocycles. The lowest BCUT2D eigenvalue weighted by Crippen LogP contribution is -2.54. The third-order valence-corrected chi connectivity index (χ3v) is 7.22. The van der Waals surface area contributed by atoms with Crippen molar-refractivity contribution in [3.8, 4) is 0 Å². The normalized spacial score (nSPS) is 37.3. The highest BCUT2D eigenvalue weighted by molar-refractivity contribution is 6.03. The van der Waals surface area contributed by atoms with E-state index in [0.717, 1.165) is 44.6 Å². The van der Waals surface area contributed by atoms with E-state index >= 15 is 0 Å². The van der Waals surface area contributed by atoms with Crippen LogP contribution in [0.3, 0.4) is 0 Å². The molecule has 1 aromatic carbocycles. The molecule has 2 unspecified atom stereocenters. The molecule has 0 aromatic heterocycles. The molecule has 1 amide bonds. The second kappa shape index (κ2) is 6.83. The molecule has 150 valence electrons. The summed E-state index contributed by atoms with van der Waals surface area (Å²) in [5, 5.41) is 0. The fourth-order valence-corrected chi connectivity index (χ4v) is 6.12. The van der Waals surface area contributed by atoms with Crippen LogP contribution in [0.4, 0.5) is 5.69 Å². The topological polar surface area (TPSA) is 73.9 Å². The third kappa shape index (κ3) is 2.46. The predicted molar refractivity (Wildman–Crippen MR) is 104 cm³/mol. The van der Waals surface area contributed by atoms with Crippen molar-refractivity contribution in [1.82, 2.24) is 15.8 Å². The number of amides is 1. The first-order chi connectivity index (χ1) is 13.7. The number of rotatable bonds is 4. The Hall–Kier alpha value is -1.96. The van der Waals surface area contributed by atoms with Crippen molar-refractivity contribution in [3.63, 3.8) is 0 Å². The van der Waals surface area contributed by atoms with Crippen molar-refractivity contribution >= 4 is 17.6 Å². The maximum atomic E-state index is 13.6. The summed E-state index contributed by atoms with van der Waals surface area (Å²) < 4.78 is 5.28. The van der Waals surface area contributed by atoms with E-state index < -0.39 is 0 Å². The van der Waals surface area contributed by atoms with E-state index in [2.05, 4.69) is 15.8 Å². The molecule has 5 rings (SSSR count). The van der Waals surface area contributed by atoms with Gasteiger partial charge >= 0.3 is 5.97 Å². The van der Waals surface area contributed by atoms with E-state index in [1.807, 2.05) is 42.2 Å². The molecule has 28 heavy (non-hydrogen) atoms. The average molecular weight is 384 g/mol. The Kier molecular flexibility index (Phi) is 4.41. The number of ether oxygens (including phenoxy) is 1. The van der Waals surface area contributed by atoms with Gasteiger partial charge in [-0.25, -0.2) is 5.43 Å². The third-order valence-electron chi connectivity index (χ3n) is 7.22. The average Bonchev–Trinajstić information content (AvgIpc) is 3.45. The van der Waals surface area contributed by atoms with E-state index in [1.165, 1.54) is 0 Å². The summed E-state index contributed by atoms with van der Waals surface area (Å²) in [7, 11) is 0. The monoisotopic (exact) mass is 384 g/mol. The highest BCUT2D eigenvalue weighted by Crippen LogP contribution is 2.53. The van der Waals surface area contributed by atoms with Crippen LogP contribution in [0.15, 0.2) is 30.3 Å². The number of nitrogens with one attached hydrogen (secondary N) is 2. The van der Waals surface area contributed by atoms with Crippen LogP contribution >= 0.6 is 0 Å². The largest absolute Gasteiger partial charge is 0.465 e. The maximum absolute atomic E-state index is 13.6. The molecule has 0 saturated carbocycles. The Morgan fingerprint density at radius 3 is 2.93 bits per heavy atom. The van der Waals surface area contributed by atoms with E-state index in [1.54, 1.807) is 0 Å². The maximum Gasteiger partial charge on any atom is 0.324 e. The summed E-state index contributed by atoms with van der Waals surface area (Å²) in [5.41, 5.74) is 6.87. The fraction of sp³-hybridized carbons (Fsp3) is 0.619. The Balaban J connectivity index is 1.42. The Labute approximate surface area is 165 Å².